The average Bonchev–Trinajstić information content (AvgIpc) is 3.63. The lowest BCUT2D eigenvalue weighted by Crippen LogP contribution is -2.25. The first-order chi connectivity index (χ1) is 24.7. The maximum atomic E-state index is 5.94. The van der Waals surface area contributed by atoms with Gasteiger partial charge in [-0.1, -0.05) is 114 Å². The van der Waals surface area contributed by atoms with E-state index in [0.717, 1.165) is 63.5 Å². The first-order valence-corrected chi connectivity index (χ1v) is 19.9. The quantitative estimate of drug-likeness (QED) is 0.0729. The van der Waals surface area contributed by atoms with E-state index in [4.69, 9.17) is 15.7 Å². The van der Waals surface area contributed by atoms with Crippen molar-refractivity contribution in [3.05, 3.63) is 84.4 Å². The molecule has 0 radical (unpaired) electrons. The van der Waals surface area contributed by atoms with Crippen molar-refractivity contribution in [2.75, 3.05) is 13.1 Å². The first-order valence-electron chi connectivity index (χ1n) is 19.9. The summed E-state index contributed by atoms with van der Waals surface area (Å²) >= 11 is 0. The van der Waals surface area contributed by atoms with Crippen molar-refractivity contribution < 1.29 is 0 Å². The summed E-state index contributed by atoms with van der Waals surface area (Å²) in [5.74, 6) is 0. The van der Waals surface area contributed by atoms with Crippen molar-refractivity contribution in [3.63, 3.8) is 0 Å². The second-order valence-corrected chi connectivity index (χ2v) is 14.5. The zero-order chi connectivity index (χ0) is 34.5. The Kier molecular flexibility index (Phi) is 13.3. The molecule has 4 heterocycles. The normalized spacial score (nSPS) is 12.1. The number of hydrogen-bond acceptors (Lipinski definition) is 4. The predicted molar refractivity (Wildman–Crippen MR) is 214 cm³/mol. The highest BCUT2D eigenvalue weighted by Gasteiger charge is 2.16. The number of nitrogens with zero attached hydrogens (tertiary/aromatic N) is 5. The van der Waals surface area contributed by atoms with Crippen molar-refractivity contribution in [3.8, 4) is 0 Å². The molecule has 0 aliphatic carbocycles. The van der Waals surface area contributed by atoms with Gasteiger partial charge in [0.1, 0.15) is 0 Å². The fourth-order valence-corrected chi connectivity index (χ4v) is 7.88. The molecule has 6 nitrogen and oxygen atoms in total. The molecule has 2 aromatic carbocycles. The number of para-hydroxylation sites is 2. The minimum atomic E-state index is 0.721. The Balaban J connectivity index is 1.22. The lowest BCUT2D eigenvalue weighted by Gasteiger charge is -2.22. The van der Waals surface area contributed by atoms with Crippen molar-refractivity contribution in [1.82, 2.24) is 24.0 Å². The summed E-state index contributed by atoms with van der Waals surface area (Å²) in [6.07, 6.45) is 22.0. The zero-order valence-corrected chi connectivity index (χ0v) is 30.9. The molecule has 0 amide bonds. The van der Waals surface area contributed by atoms with Gasteiger partial charge in [0.2, 0.25) is 0 Å². The molecular weight excluding hydrogens is 613 g/mol. The predicted octanol–water partition coefficient (Wildman–Crippen LogP) is 11.2. The Morgan fingerprint density at radius 3 is 1.46 bits per heavy atom. The molecule has 4 aromatic heterocycles. The largest absolute Gasteiger partial charge is 0.339 e. The van der Waals surface area contributed by atoms with Crippen LogP contribution in [-0.4, -0.2) is 37.1 Å². The summed E-state index contributed by atoms with van der Waals surface area (Å²) in [6, 6.07) is 22.5. The molecule has 0 fully saturated rings. The maximum Gasteiger partial charge on any atom is 0.0678 e. The lowest BCUT2D eigenvalue weighted by atomic mass is 10.1. The molecule has 6 aromatic rings. The number of hydrogen-bond donors (Lipinski definition) is 1. The summed E-state index contributed by atoms with van der Waals surface area (Å²) in [6.45, 7) is 9.93. The number of nitrogens with two attached hydrogens (primary N) is 1. The molecule has 0 saturated heterocycles. The Labute approximate surface area is 300 Å². The third-order valence-electron chi connectivity index (χ3n) is 10.6. The number of benzene rings is 2. The van der Waals surface area contributed by atoms with E-state index in [1.807, 2.05) is 0 Å². The molecule has 6 heteroatoms. The Morgan fingerprint density at radius 2 is 0.980 bits per heavy atom. The van der Waals surface area contributed by atoms with Crippen molar-refractivity contribution in [2.24, 2.45) is 5.73 Å². The molecule has 266 valence electrons. The van der Waals surface area contributed by atoms with Gasteiger partial charge in [0.25, 0.3) is 0 Å². The van der Waals surface area contributed by atoms with Crippen molar-refractivity contribution >= 4 is 43.6 Å². The van der Waals surface area contributed by atoms with E-state index in [0.29, 0.717) is 0 Å². The monoisotopic (exact) mass is 672 g/mol. The van der Waals surface area contributed by atoms with E-state index in [-0.39, 0.29) is 0 Å². The van der Waals surface area contributed by atoms with Crippen LogP contribution < -0.4 is 5.73 Å². The van der Waals surface area contributed by atoms with Crippen LogP contribution in [-0.2, 0) is 26.2 Å². The smallest absolute Gasteiger partial charge is 0.0678 e. The first kappa shape index (κ1) is 36.1. The van der Waals surface area contributed by atoms with Gasteiger partial charge in [0.15, 0.2) is 0 Å². The van der Waals surface area contributed by atoms with Gasteiger partial charge in [-0.25, -0.2) is 0 Å². The van der Waals surface area contributed by atoms with Gasteiger partial charge in [-0.15, -0.1) is 0 Å². The van der Waals surface area contributed by atoms with E-state index in [1.54, 1.807) is 0 Å². The molecule has 0 bridgehead atoms. The van der Waals surface area contributed by atoms with Crippen molar-refractivity contribution in [1.29, 1.82) is 0 Å². The van der Waals surface area contributed by atoms with E-state index in [9.17, 15) is 0 Å². The van der Waals surface area contributed by atoms with Crippen LogP contribution in [0.4, 0.5) is 0 Å². The van der Waals surface area contributed by atoms with Crippen LogP contribution in [0.5, 0.6) is 0 Å². The molecule has 2 N–H and O–H groups in total. The molecule has 0 atom stereocenters. The van der Waals surface area contributed by atoms with Crippen LogP contribution in [0.2, 0.25) is 0 Å². The third kappa shape index (κ3) is 8.76. The van der Waals surface area contributed by atoms with Crippen LogP contribution in [0, 0.1) is 0 Å². The lowest BCUT2D eigenvalue weighted by molar-refractivity contribution is 0.246. The second-order valence-electron chi connectivity index (χ2n) is 14.5. The summed E-state index contributed by atoms with van der Waals surface area (Å²) in [7, 11) is 0. The van der Waals surface area contributed by atoms with Crippen LogP contribution >= 0.6 is 0 Å². The molecule has 0 saturated carbocycles. The molecule has 0 unspecified atom stereocenters. The zero-order valence-electron chi connectivity index (χ0n) is 30.9. The summed E-state index contributed by atoms with van der Waals surface area (Å²) < 4.78 is 5.00. The molecule has 0 aliphatic heterocycles. The van der Waals surface area contributed by atoms with Gasteiger partial charge in [-0.05, 0) is 63.0 Å². The van der Waals surface area contributed by atoms with Crippen LogP contribution in [0.1, 0.15) is 115 Å². The number of rotatable bonds is 22. The van der Waals surface area contributed by atoms with Gasteiger partial charge in [0.05, 0.1) is 34.8 Å². The number of aromatic nitrogens is 4. The number of pyridine rings is 2. The van der Waals surface area contributed by atoms with E-state index in [1.165, 1.54) is 121 Å². The van der Waals surface area contributed by atoms with E-state index < -0.39 is 0 Å². The van der Waals surface area contributed by atoms with Crippen LogP contribution in [0.25, 0.3) is 43.6 Å². The fourth-order valence-electron chi connectivity index (χ4n) is 7.88. The number of unbranched alkanes of at least 4 members (excludes halogenated alkanes) is 11. The fraction of sp³-hybridized carbons (Fsp3) is 0.500. The second kappa shape index (κ2) is 18.5. The van der Waals surface area contributed by atoms with E-state index >= 15 is 0 Å². The number of fused-ring (bicyclic) bond motifs is 6. The van der Waals surface area contributed by atoms with E-state index in [2.05, 4.69) is 101 Å². The highest BCUT2D eigenvalue weighted by molar-refractivity contribution is 6.08. The maximum absolute atomic E-state index is 5.94. The van der Waals surface area contributed by atoms with Gasteiger partial charge in [-0.3, -0.25) is 14.9 Å². The Hall–Kier alpha value is -3.74. The average molecular weight is 673 g/mol. The highest BCUT2D eigenvalue weighted by atomic mass is 15.1. The summed E-state index contributed by atoms with van der Waals surface area (Å²) in [5, 5.41) is 5.29. The number of aryl methyl sites for hydroxylation is 2. The molecule has 50 heavy (non-hydrogen) atoms. The van der Waals surface area contributed by atoms with Gasteiger partial charge < -0.3 is 14.9 Å². The molecule has 0 spiro atoms. The standard InChI is InChI=1S/C44H60N6/c1-3-5-7-9-11-18-27-49-41-23-15-13-21-37(41)39-29-35(46-31-43(39)49)33-48(26-20-17-25-45)34-36-30-40-38-22-14-16-24-42(38)50(44(40)32-47-36)28-19-12-10-8-6-4-2/h13-16,21-24,29-32H,3-12,17-20,25-28,33-34,45H2,1-2H3. The van der Waals surface area contributed by atoms with Gasteiger partial charge >= 0.3 is 0 Å². The van der Waals surface area contributed by atoms with Crippen LogP contribution in [0.3, 0.4) is 0 Å². The molecule has 6 rings (SSSR count). The molecular formula is C44H60N6. The Morgan fingerprint density at radius 1 is 0.520 bits per heavy atom. The topological polar surface area (TPSA) is 64.9 Å². The minimum Gasteiger partial charge on any atom is -0.339 e. The SMILES string of the molecule is CCCCCCCCn1c2ccccc2c2cc(CN(CCCCN)Cc3cc4c5ccccc5n(CCCCCCCC)c4cn3)ncc21. The molecule has 0 aliphatic rings. The highest BCUT2D eigenvalue weighted by Crippen LogP contribution is 2.32. The minimum absolute atomic E-state index is 0.721. The van der Waals surface area contributed by atoms with Crippen molar-refractivity contribution in [2.45, 2.75) is 130 Å². The Bertz CT molecular complexity index is 1800. The van der Waals surface area contributed by atoms with Gasteiger partial charge in [-0.2, -0.15) is 0 Å². The van der Waals surface area contributed by atoms with Gasteiger partial charge in [0, 0.05) is 58.8 Å². The summed E-state index contributed by atoms with van der Waals surface area (Å²) in [4.78, 5) is 12.7. The summed E-state index contributed by atoms with van der Waals surface area (Å²) in [5.41, 5.74) is 13.3. The third-order valence-corrected chi connectivity index (χ3v) is 10.6. The van der Waals surface area contributed by atoms with Crippen LogP contribution in [0.15, 0.2) is 73.1 Å².